The average Bonchev–Trinajstić information content (AvgIpc) is 3.91. The van der Waals surface area contributed by atoms with Crippen molar-refractivity contribution in [3.05, 3.63) is 128 Å². The fraction of sp³-hybridized carbons (Fsp3) is 0.370. The van der Waals surface area contributed by atoms with E-state index >= 15 is 8.78 Å². The summed E-state index contributed by atoms with van der Waals surface area (Å²) in [6, 6.07) is 11.2. The predicted molar refractivity (Wildman–Crippen MR) is 238 cm³/mol. The van der Waals surface area contributed by atoms with Crippen molar-refractivity contribution < 1.29 is 51.3 Å². The Balaban J connectivity index is 0.939. The summed E-state index contributed by atoms with van der Waals surface area (Å²) in [6.07, 6.45) is 7.39. The Morgan fingerprint density at radius 1 is 0.652 bits per heavy atom. The summed E-state index contributed by atoms with van der Waals surface area (Å²) in [5, 5.41) is 24.7. The molecule has 0 saturated heterocycles. The number of aromatic nitrogens is 8. The number of anilines is 2. The Kier molecular flexibility index (Phi) is 14.3. The first-order chi connectivity index (χ1) is 33.3. The molecule has 0 aliphatic heterocycles. The number of methoxy groups -OCH3 is 1. The van der Waals surface area contributed by atoms with Gasteiger partial charge in [-0.25, -0.2) is 41.5 Å². The number of tetrazole rings is 2. The number of carboxylic acids is 1. The molecule has 23 heteroatoms. The second kappa shape index (κ2) is 20.7. The number of rotatable bonds is 14. The van der Waals surface area contributed by atoms with Gasteiger partial charge in [0.05, 0.1) is 20.3 Å². The molecular formula is C46H46F4N10O9. The number of para-hydroxylation sites is 1. The van der Waals surface area contributed by atoms with Gasteiger partial charge in [-0.3, -0.25) is 9.80 Å². The van der Waals surface area contributed by atoms with Crippen molar-refractivity contribution in [1.29, 1.82) is 0 Å². The number of carboxylic acid groups (broad SMARTS) is 1. The molecule has 2 aromatic heterocycles. The number of benzene rings is 4. The van der Waals surface area contributed by atoms with E-state index in [0.717, 1.165) is 74.4 Å². The minimum absolute atomic E-state index is 0.0184. The van der Waals surface area contributed by atoms with Crippen LogP contribution in [0.2, 0.25) is 0 Å². The molecule has 69 heavy (non-hydrogen) atoms. The van der Waals surface area contributed by atoms with Crippen LogP contribution in [0.4, 0.5) is 38.5 Å². The minimum atomic E-state index is -1.43. The molecule has 0 spiro atoms. The van der Waals surface area contributed by atoms with Gasteiger partial charge in [0.2, 0.25) is 0 Å². The molecule has 0 bridgehead atoms. The maximum atomic E-state index is 15.6. The van der Waals surface area contributed by atoms with Crippen molar-refractivity contribution in [2.45, 2.75) is 89.8 Å². The molecular weight excluding hydrogens is 913 g/mol. The van der Waals surface area contributed by atoms with Gasteiger partial charge in [-0.1, -0.05) is 44.6 Å². The van der Waals surface area contributed by atoms with Crippen molar-refractivity contribution in [2.75, 3.05) is 30.1 Å². The van der Waals surface area contributed by atoms with Gasteiger partial charge < -0.3 is 19.3 Å². The summed E-state index contributed by atoms with van der Waals surface area (Å²) >= 11 is 0. The largest absolute Gasteiger partial charge is 0.496 e. The van der Waals surface area contributed by atoms with Crippen molar-refractivity contribution >= 4 is 29.4 Å². The Morgan fingerprint density at radius 3 is 1.64 bits per heavy atom. The monoisotopic (exact) mass is 958 g/mol. The fourth-order valence-corrected chi connectivity index (χ4v) is 8.82. The molecule has 2 amide bonds. The highest BCUT2D eigenvalue weighted by molar-refractivity contribution is 5.97. The van der Waals surface area contributed by atoms with Gasteiger partial charge in [0.1, 0.15) is 35.0 Å². The zero-order valence-corrected chi connectivity index (χ0v) is 37.4. The standard InChI is InChI=1S/C46H46F4N10O9/c1-27-22-31(16-18-38(27)67-2)55(29-10-5-3-6-11-29)43(63)59-46(66)58(52-54-59)41-36(49)23-28(24-37(41)50)26-68-20-21-69-39-19-17-32(25-33(39)42(61)62)56(30-12-7-4-8-13-30)44(64)60-45(65)57(51-53-60)40-34(47)14-9-15-35(40)48/h9,14-19,22-25,29-30H,3-8,10-13,20-21,26H2,1-2H3,(H,61,62). The molecule has 2 saturated carbocycles. The number of aryl methyl sites for hydroxylation is 1. The van der Waals surface area contributed by atoms with Crippen LogP contribution in [0.5, 0.6) is 11.5 Å². The molecule has 2 aliphatic rings. The normalized spacial score (nSPS) is 14.4. The maximum absolute atomic E-state index is 15.6. The van der Waals surface area contributed by atoms with Gasteiger partial charge in [-0.15, -0.1) is 9.36 Å². The number of hydrogen-bond donors (Lipinski definition) is 1. The first-order valence-corrected chi connectivity index (χ1v) is 22.2. The number of ether oxygens (including phenoxy) is 3. The maximum Gasteiger partial charge on any atom is 0.377 e. The third-order valence-corrected chi connectivity index (χ3v) is 12.1. The zero-order chi connectivity index (χ0) is 48.9. The topological polar surface area (TPSA) is 211 Å². The zero-order valence-electron chi connectivity index (χ0n) is 37.4. The molecule has 0 atom stereocenters. The highest BCUT2D eigenvalue weighted by Crippen LogP contribution is 2.33. The fourth-order valence-electron chi connectivity index (χ4n) is 8.82. The molecule has 1 N–H and O–H groups in total. The Bertz CT molecular complexity index is 2970. The van der Waals surface area contributed by atoms with E-state index in [-0.39, 0.29) is 48.4 Å². The van der Waals surface area contributed by atoms with Crippen molar-refractivity contribution in [3.8, 4) is 22.9 Å². The second-order valence-electron chi connectivity index (χ2n) is 16.6. The molecule has 6 aromatic rings. The minimum Gasteiger partial charge on any atom is -0.496 e. The lowest BCUT2D eigenvalue weighted by Gasteiger charge is -2.34. The Hall–Kier alpha value is -7.69. The number of aromatic carboxylic acids is 1. The summed E-state index contributed by atoms with van der Waals surface area (Å²) < 4.78 is 78.5. The Morgan fingerprint density at radius 2 is 1.14 bits per heavy atom. The Labute approximate surface area is 390 Å². The number of hydrogen-bond acceptors (Lipinski definition) is 12. The molecule has 0 unspecified atom stereocenters. The van der Waals surface area contributed by atoms with Gasteiger partial charge in [-0.2, -0.15) is 9.36 Å². The molecule has 362 valence electrons. The SMILES string of the molecule is COc1ccc(N(C(=O)n2nnn(-c3c(F)cc(COCCOc4ccc(N(C(=O)n5nnn(-c6c(F)cccc6F)c5=O)C5CCCCC5)cc4C(=O)O)cc3F)c2=O)C2CCCCC2)cc1C. The summed E-state index contributed by atoms with van der Waals surface area (Å²) in [7, 11) is 1.52. The van der Waals surface area contributed by atoms with E-state index < -0.39 is 70.1 Å². The number of carbonyl (C=O) groups excluding carboxylic acids is 2. The lowest BCUT2D eigenvalue weighted by Crippen LogP contribution is -2.47. The molecule has 2 aliphatic carbocycles. The quantitative estimate of drug-likeness (QED) is 0.0666. The third-order valence-electron chi connectivity index (χ3n) is 12.1. The summed E-state index contributed by atoms with van der Waals surface area (Å²) in [5.41, 5.74) is -3.16. The van der Waals surface area contributed by atoms with E-state index in [2.05, 4.69) is 20.9 Å². The highest BCUT2D eigenvalue weighted by Gasteiger charge is 2.34. The molecule has 19 nitrogen and oxygen atoms in total. The van der Waals surface area contributed by atoms with E-state index in [1.165, 1.54) is 35.1 Å². The van der Waals surface area contributed by atoms with Crippen LogP contribution < -0.4 is 30.7 Å². The van der Waals surface area contributed by atoms with Gasteiger partial charge in [-0.05, 0) is 125 Å². The van der Waals surface area contributed by atoms with Crippen LogP contribution in [0.25, 0.3) is 11.4 Å². The highest BCUT2D eigenvalue weighted by atomic mass is 19.1. The first-order valence-electron chi connectivity index (χ1n) is 22.2. The first kappa shape index (κ1) is 47.8. The molecule has 2 fully saturated rings. The smallest absolute Gasteiger partial charge is 0.377 e. The summed E-state index contributed by atoms with van der Waals surface area (Å²) in [5.74, 6) is -5.56. The van der Waals surface area contributed by atoms with Crippen LogP contribution in [0.1, 0.15) is 85.7 Å². The average molecular weight is 959 g/mol. The predicted octanol–water partition coefficient (Wildman–Crippen LogP) is 6.95. The van der Waals surface area contributed by atoms with Crippen LogP contribution in [0.3, 0.4) is 0 Å². The second-order valence-corrected chi connectivity index (χ2v) is 16.6. The van der Waals surface area contributed by atoms with Crippen molar-refractivity contribution in [3.63, 3.8) is 0 Å². The van der Waals surface area contributed by atoms with E-state index in [4.69, 9.17) is 14.2 Å². The van der Waals surface area contributed by atoms with Crippen LogP contribution in [0.15, 0.2) is 76.3 Å². The molecule has 4 aromatic carbocycles. The molecule has 0 radical (unpaired) electrons. The van der Waals surface area contributed by atoms with E-state index in [1.54, 1.807) is 18.2 Å². The van der Waals surface area contributed by atoms with Crippen LogP contribution >= 0.6 is 0 Å². The third kappa shape index (κ3) is 9.85. The van der Waals surface area contributed by atoms with Gasteiger partial charge >= 0.3 is 29.4 Å². The number of nitrogens with zero attached hydrogens (tertiary/aromatic N) is 10. The van der Waals surface area contributed by atoms with E-state index in [9.17, 15) is 37.9 Å². The van der Waals surface area contributed by atoms with Crippen molar-refractivity contribution in [2.24, 2.45) is 0 Å². The van der Waals surface area contributed by atoms with E-state index in [0.29, 0.717) is 55.8 Å². The summed E-state index contributed by atoms with van der Waals surface area (Å²) in [4.78, 5) is 70.1. The number of halogens is 4. The number of amides is 2. The van der Waals surface area contributed by atoms with Crippen LogP contribution in [0, 0.1) is 30.2 Å². The van der Waals surface area contributed by atoms with Gasteiger partial charge in [0, 0.05) is 23.5 Å². The van der Waals surface area contributed by atoms with Crippen molar-refractivity contribution in [1.82, 2.24) is 39.6 Å². The van der Waals surface area contributed by atoms with Crippen LogP contribution in [-0.4, -0.2) is 95.1 Å². The lowest BCUT2D eigenvalue weighted by atomic mass is 9.94. The van der Waals surface area contributed by atoms with Gasteiger partial charge in [0.25, 0.3) is 0 Å². The van der Waals surface area contributed by atoms with Crippen LogP contribution in [-0.2, 0) is 11.3 Å². The van der Waals surface area contributed by atoms with Gasteiger partial charge in [0.15, 0.2) is 23.3 Å². The molecule has 2 heterocycles. The summed E-state index contributed by atoms with van der Waals surface area (Å²) in [6.45, 7) is 1.04. The molecule has 8 rings (SSSR count). The lowest BCUT2D eigenvalue weighted by molar-refractivity contribution is 0.0681. The number of carbonyl (C=O) groups is 3. The van der Waals surface area contributed by atoms with E-state index in [1.807, 2.05) is 6.92 Å².